The minimum atomic E-state index is -0.259. The number of hydrogen-bond donors (Lipinski definition) is 2. The van der Waals surface area contributed by atoms with Crippen molar-refractivity contribution in [3.63, 3.8) is 0 Å². The summed E-state index contributed by atoms with van der Waals surface area (Å²) in [6.07, 6.45) is 1.74. The van der Waals surface area contributed by atoms with Crippen molar-refractivity contribution in [2.75, 3.05) is 23.7 Å². The molecule has 3 rings (SSSR count). The average molecular weight is 260 g/mol. The summed E-state index contributed by atoms with van der Waals surface area (Å²) in [6, 6.07) is 5.89. The Morgan fingerprint density at radius 1 is 1.47 bits per heavy atom. The van der Waals surface area contributed by atoms with Crippen LogP contribution in [-0.2, 0) is 4.79 Å². The maximum absolute atomic E-state index is 11.3. The number of hydrogen-bond acceptors (Lipinski definition) is 5. The minimum absolute atomic E-state index is 0.131. The van der Waals surface area contributed by atoms with Crippen LogP contribution in [0.15, 0.2) is 22.6 Å². The minimum Gasteiger partial charge on any atom is -0.423 e. The second kappa shape index (κ2) is 4.46. The van der Waals surface area contributed by atoms with Gasteiger partial charge < -0.3 is 20.8 Å². The predicted molar refractivity (Wildman–Crippen MR) is 72.6 cm³/mol. The largest absolute Gasteiger partial charge is 0.423 e. The Labute approximate surface area is 110 Å². The van der Waals surface area contributed by atoms with E-state index < -0.39 is 0 Å². The molecule has 0 bridgehead atoms. The van der Waals surface area contributed by atoms with Crippen LogP contribution in [0.1, 0.15) is 12.8 Å². The van der Waals surface area contributed by atoms with Crippen molar-refractivity contribution in [3.8, 4) is 0 Å². The number of oxazole rings is 1. The van der Waals surface area contributed by atoms with Gasteiger partial charge in [-0.3, -0.25) is 4.79 Å². The van der Waals surface area contributed by atoms with Crippen molar-refractivity contribution < 1.29 is 9.21 Å². The van der Waals surface area contributed by atoms with Gasteiger partial charge in [0.05, 0.1) is 5.92 Å². The third-order valence-electron chi connectivity index (χ3n) is 3.49. The van der Waals surface area contributed by atoms with Crippen molar-refractivity contribution in [2.24, 2.45) is 11.7 Å². The highest BCUT2D eigenvalue weighted by atomic mass is 16.4. The quantitative estimate of drug-likeness (QED) is 0.788. The summed E-state index contributed by atoms with van der Waals surface area (Å²) in [4.78, 5) is 17.7. The van der Waals surface area contributed by atoms with Crippen LogP contribution in [0, 0.1) is 5.92 Å². The number of carbonyl (C=O) groups is 1. The molecule has 6 heteroatoms. The molecule has 1 amide bonds. The SMILES string of the molecule is NC(=O)C1CCCN(c2nc3cc(N)ccc3o2)C1. The van der Waals surface area contributed by atoms with E-state index in [1.54, 1.807) is 18.2 Å². The zero-order valence-electron chi connectivity index (χ0n) is 10.5. The predicted octanol–water partition coefficient (Wildman–Crippen LogP) is 1.11. The van der Waals surface area contributed by atoms with Crippen molar-refractivity contribution in [1.82, 2.24) is 4.98 Å². The molecule has 1 atom stereocenters. The van der Waals surface area contributed by atoms with Gasteiger partial charge in [-0.05, 0) is 31.0 Å². The average Bonchev–Trinajstić information content (AvgIpc) is 2.81. The zero-order valence-corrected chi connectivity index (χ0v) is 10.5. The molecule has 4 N–H and O–H groups in total. The van der Waals surface area contributed by atoms with Crippen molar-refractivity contribution in [2.45, 2.75) is 12.8 Å². The number of nitrogens with two attached hydrogens (primary N) is 2. The first kappa shape index (κ1) is 11.8. The molecule has 19 heavy (non-hydrogen) atoms. The molecular formula is C13H16N4O2. The number of amides is 1. The lowest BCUT2D eigenvalue weighted by molar-refractivity contribution is -0.122. The lowest BCUT2D eigenvalue weighted by Crippen LogP contribution is -2.41. The zero-order chi connectivity index (χ0) is 13.4. The van der Waals surface area contributed by atoms with Gasteiger partial charge >= 0.3 is 0 Å². The Kier molecular flexibility index (Phi) is 2.77. The monoisotopic (exact) mass is 260 g/mol. The summed E-state index contributed by atoms with van der Waals surface area (Å²) in [5.41, 5.74) is 13.2. The molecule has 0 saturated carbocycles. The fourth-order valence-electron chi connectivity index (χ4n) is 2.45. The van der Waals surface area contributed by atoms with Crippen molar-refractivity contribution in [3.05, 3.63) is 18.2 Å². The third kappa shape index (κ3) is 2.21. The van der Waals surface area contributed by atoms with Crippen LogP contribution in [0.25, 0.3) is 11.1 Å². The Hall–Kier alpha value is -2.24. The fraction of sp³-hybridized carbons (Fsp3) is 0.385. The normalized spacial score (nSPS) is 19.8. The number of benzene rings is 1. The highest BCUT2D eigenvalue weighted by Gasteiger charge is 2.26. The number of fused-ring (bicyclic) bond motifs is 1. The van der Waals surface area contributed by atoms with E-state index >= 15 is 0 Å². The van der Waals surface area contributed by atoms with Crippen LogP contribution in [0.4, 0.5) is 11.7 Å². The van der Waals surface area contributed by atoms with Crippen LogP contribution in [-0.4, -0.2) is 24.0 Å². The molecular weight excluding hydrogens is 244 g/mol. The van der Waals surface area contributed by atoms with Crippen LogP contribution in [0.5, 0.6) is 0 Å². The van der Waals surface area contributed by atoms with Gasteiger partial charge in [0.25, 0.3) is 6.01 Å². The summed E-state index contributed by atoms with van der Waals surface area (Å²) in [5.74, 6) is -0.390. The smallest absolute Gasteiger partial charge is 0.298 e. The van der Waals surface area contributed by atoms with E-state index in [0.717, 1.165) is 24.9 Å². The fourth-order valence-corrected chi connectivity index (χ4v) is 2.45. The number of primary amides is 1. The number of anilines is 2. The molecule has 1 aliphatic heterocycles. The number of piperidine rings is 1. The topological polar surface area (TPSA) is 98.4 Å². The Morgan fingerprint density at radius 3 is 3.11 bits per heavy atom. The first-order valence-electron chi connectivity index (χ1n) is 6.34. The maximum Gasteiger partial charge on any atom is 0.298 e. The second-order valence-corrected chi connectivity index (χ2v) is 4.91. The summed E-state index contributed by atoms with van der Waals surface area (Å²) in [5, 5.41) is 0. The van der Waals surface area contributed by atoms with Gasteiger partial charge in [-0.2, -0.15) is 4.98 Å². The molecule has 0 radical (unpaired) electrons. The van der Waals surface area contributed by atoms with E-state index in [0.29, 0.717) is 23.8 Å². The van der Waals surface area contributed by atoms with Crippen molar-refractivity contribution in [1.29, 1.82) is 0 Å². The molecule has 0 spiro atoms. The van der Waals surface area contributed by atoms with E-state index in [-0.39, 0.29) is 11.8 Å². The lowest BCUT2D eigenvalue weighted by Gasteiger charge is -2.29. The number of carbonyl (C=O) groups excluding carboxylic acids is 1. The Balaban J connectivity index is 1.89. The Morgan fingerprint density at radius 2 is 2.32 bits per heavy atom. The van der Waals surface area contributed by atoms with E-state index in [9.17, 15) is 4.79 Å². The van der Waals surface area contributed by atoms with Gasteiger partial charge in [0.2, 0.25) is 5.91 Å². The molecule has 2 aromatic rings. The molecule has 1 aromatic carbocycles. The van der Waals surface area contributed by atoms with Gasteiger partial charge in [0, 0.05) is 18.8 Å². The van der Waals surface area contributed by atoms with Gasteiger partial charge in [-0.15, -0.1) is 0 Å². The highest BCUT2D eigenvalue weighted by Crippen LogP contribution is 2.27. The molecule has 1 aromatic heterocycles. The summed E-state index contributed by atoms with van der Waals surface area (Å²) < 4.78 is 5.70. The summed E-state index contributed by atoms with van der Waals surface area (Å²) in [7, 11) is 0. The van der Waals surface area contributed by atoms with Gasteiger partial charge in [-0.1, -0.05) is 0 Å². The van der Waals surface area contributed by atoms with Crippen LogP contribution in [0.3, 0.4) is 0 Å². The number of nitrogen functional groups attached to an aromatic ring is 1. The van der Waals surface area contributed by atoms with E-state index in [2.05, 4.69) is 4.98 Å². The highest BCUT2D eigenvalue weighted by molar-refractivity contribution is 5.79. The molecule has 1 saturated heterocycles. The maximum atomic E-state index is 11.3. The molecule has 6 nitrogen and oxygen atoms in total. The van der Waals surface area contributed by atoms with E-state index in [1.165, 1.54) is 0 Å². The molecule has 1 aliphatic rings. The Bertz CT molecular complexity index is 622. The van der Waals surface area contributed by atoms with Crippen LogP contribution >= 0.6 is 0 Å². The lowest BCUT2D eigenvalue weighted by atomic mass is 9.98. The van der Waals surface area contributed by atoms with Gasteiger partial charge in [0.15, 0.2) is 5.58 Å². The van der Waals surface area contributed by atoms with Gasteiger partial charge in [0.1, 0.15) is 5.52 Å². The van der Waals surface area contributed by atoms with E-state index in [1.807, 2.05) is 4.90 Å². The standard InChI is InChI=1S/C13H16N4O2/c14-9-3-4-11-10(6-9)16-13(19-11)17-5-1-2-8(7-17)12(15)18/h3-4,6,8H,1-2,5,7,14H2,(H2,15,18). The number of aromatic nitrogens is 1. The number of nitrogens with zero attached hydrogens (tertiary/aromatic N) is 2. The molecule has 0 aliphatic carbocycles. The third-order valence-corrected chi connectivity index (χ3v) is 3.49. The summed E-state index contributed by atoms with van der Waals surface area (Å²) in [6.45, 7) is 1.39. The number of rotatable bonds is 2. The first-order chi connectivity index (χ1) is 9.13. The second-order valence-electron chi connectivity index (χ2n) is 4.91. The van der Waals surface area contributed by atoms with Crippen LogP contribution < -0.4 is 16.4 Å². The molecule has 2 heterocycles. The van der Waals surface area contributed by atoms with Crippen LogP contribution in [0.2, 0.25) is 0 Å². The summed E-state index contributed by atoms with van der Waals surface area (Å²) >= 11 is 0. The van der Waals surface area contributed by atoms with Crippen molar-refractivity contribution >= 4 is 28.7 Å². The first-order valence-corrected chi connectivity index (χ1v) is 6.34. The molecule has 1 fully saturated rings. The molecule has 100 valence electrons. The van der Waals surface area contributed by atoms with Gasteiger partial charge in [-0.25, -0.2) is 0 Å². The molecule has 1 unspecified atom stereocenters. The van der Waals surface area contributed by atoms with E-state index in [4.69, 9.17) is 15.9 Å².